The van der Waals surface area contributed by atoms with E-state index < -0.39 is 0 Å². The highest BCUT2D eigenvalue weighted by Crippen LogP contribution is 2.46. The van der Waals surface area contributed by atoms with Crippen molar-refractivity contribution in [3.05, 3.63) is 108 Å². The first-order chi connectivity index (χ1) is 18.2. The summed E-state index contributed by atoms with van der Waals surface area (Å²) in [6.45, 7) is 0. The summed E-state index contributed by atoms with van der Waals surface area (Å²) in [4.78, 5) is 9.21. The van der Waals surface area contributed by atoms with Crippen LogP contribution in [0.1, 0.15) is 11.1 Å². The van der Waals surface area contributed by atoms with Crippen LogP contribution in [0, 0.1) is 22.7 Å². The van der Waals surface area contributed by atoms with Gasteiger partial charge in [-0.25, -0.2) is 0 Å². The minimum atomic E-state index is 0.591. The zero-order valence-corrected chi connectivity index (χ0v) is 20.3. The molecule has 0 saturated carbocycles. The van der Waals surface area contributed by atoms with E-state index in [1.807, 2.05) is 24.3 Å². The van der Waals surface area contributed by atoms with E-state index in [0.717, 1.165) is 53.5 Å². The topological polar surface area (TPSA) is 73.4 Å². The second kappa shape index (κ2) is 8.24. The highest BCUT2D eigenvalue weighted by molar-refractivity contribution is 7.26. The second-order valence-electron chi connectivity index (χ2n) is 8.87. The van der Waals surface area contributed by atoms with Crippen molar-refractivity contribution in [1.29, 1.82) is 10.5 Å². The largest absolute Gasteiger partial charge is 0.256 e. The Morgan fingerprint density at radius 3 is 1.41 bits per heavy atom. The Morgan fingerprint density at radius 1 is 0.541 bits per heavy atom. The molecule has 0 saturated heterocycles. The summed E-state index contributed by atoms with van der Waals surface area (Å²) in [5.74, 6) is 0. The van der Waals surface area contributed by atoms with Crippen LogP contribution in [-0.4, -0.2) is 9.97 Å². The molecule has 0 radical (unpaired) electrons. The normalized spacial score (nSPS) is 11.2. The maximum atomic E-state index is 9.44. The third-order valence-electron chi connectivity index (χ3n) is 6.82. The molecule has 3 aromatic heterocycles. The molecule has 7 rings (SSSR count). The minimum absolute atomic E-state index is 0.591. The van der Waals surface area contributed by atoms with Gasteiger partial charge in [0, 0.05) is 43.7 Å². The predicted octanol–water partition coefficient (Wildman–Crippen LogP) is 8.23. The van der Waals surface area contributed by atoms with Gasteiger partial charge in [-0.05, 0) is 57.9 Å². The van der Waals surface area contributed by atoms with E-state index >= 15 is 0 Å². The Labute approximate surface area is 216 Å². The van der Waals surface area contributed by atoms with E-state index in [-0.39, 0.29) is 0 Å². The number of nitriles is 2. The lowest BCUT2D eigenvalue weighted by atomic mass is 9.93. The molecular formula is C32H16N4S. The predicted molar refractivity (Wildman–Crippen MR) is 150 cm³/mol. The van der Waals surface area contributed by atoms with E-state index in [4.69, 9.17) is 0 Å². The highest BCUT2D eigenvalue weighted by atomic mass is 32.1. The fourth-order valence-corrected chi connectivity index (χ4v) is 6.43. The third-order valence-corrected chi connectivity index (χ3v) is 7.90. The van der Waals surface area contributed by atoms with Crippen LogP contribution >= 0.6 is 11.3 Å². The van der Waals surface area contributed by atoms with Crippen LogP contribution in [0.4, 0.5) is 0 Å². The Kier molecular flexibility index (Phi) is 4.72. The summed E-state index contributed by atoms with van der Waals surface area (Å²) in [6, 6.07) is 32.9. The van der Waals surface area contributed by atoms with Crippen LogP contribution in [0.5, 0.6) is 0 Å². The average molecular weight is 489 g/mol. The van der Waals surface area contributed by atoms with Crippen LogP contribution in [0.25, 0.3) is 64.2 Å². The fraction of sp³-hybridized carbons (Fsp3) is 0. The number of fused-ring (bicyclic) bond motifs is 7. The summed E-state index contributed by atoms with van der Waals surface area (Å²) < 4.78 is 2.32. The monoisotopic (exact) mass is 488 g/mol. The van der Waals surface area contributed by atoms with Gasteiger partial charge in [-0.2, -0.15) is 10.5 Å². The van der Waals surface area contributed by atoms with Gasteiger partial charge in [-0.1, -0.05) is 48.5 Å². The molecule has 4 aromatic carbocycles. The molecule has 0 atom stereocenters. The lowest BCUT2D eigenvalue weighted by Gasteiger charge is -2.11. The molecule has 0 unspecified atom stereocenters. The minimum Gasteiger partial charge on any atom is -0.256 e. The van der Waals surface area contributed by atoms with Crippen LogP contribution < -0.4 is 0 Å². The number of thiophene rings is 1. The highest BCUT2D eigenvalue weighted by Gasteiger charge is 2.18. The van der Waals surface area contributed by atoms with Crippen molar-refractivity contribution in [3.8, 4) is 34.7 Å². The molecule has 0 bridgehead atoms. The molecule has 37 heavy (non-hydrogen) atoms. The second-order valence-corrected chi connectivity index (χ2v) is 9.95. The van der Waals surface area contributed by atoms with Gasteiger partial charge in [-0.3, -0.25) is 9.97 Å². The Balaban J connectivity index is 1.62. The molecule has 0 aliphatic carbocycles. The zero-order valence-electron chi connectivity index (χ0n) is 19.4. The lowest BCUT2D eigenvalue weighted by Crippen LogP contribution is -1.88. The van der Waals surface area contributed by atoms with E-state index in [1.54, 1.807) is 35.9 Å². The maximum Gasteiger partial charge on any atom is 0.0992 e. The van der Waals surface area contributed by atoms with Gasteiger partial charge < -0.3 is 0 Å². The fourth-order valence-electron chi connectivity index (χ4n) is 5.21. The number of aromatic nitrogens is 2. The van der Waals surface area contributed by atoms with Gasteiger partial charge in [0.05, 0.1) is 34.7 Å². The van der Waals surface area contributed by atoms with Crippen molar-refractivity contribution in [2.75, 3.05) is 0 Å². The van der Waals surface area contributed by atoms with Crippen LogP contribution in [0.3, 0.4) is 0 Å². The summed E-state index contributed by atoms with van der Waals surface area (Å²) in [7, 11) is 0. The Bertz CT molecular complexity index is 1970. The average Bonchev–Trinajstić information content (AvgIpc) is 3.35. The van der Waals surface area contributed by atoms with Crippen molar-refractivity contribution in [3.63, 3.8) is 0 Å². The molecule has 7 aromatic rings. The van der Waals surface area contributed by atoms with Crippen LogP contribution in [-0.2, 0) is 0 Å². The van der Waals surface area contributed by atoms with Crippen LogP contribution in [0.15, 0.2) is 97.3 Å². The molecule has 0 fully saturated rings. The molecule has 4 nitrogen and oxygen atoms in total. The first-order valence-electron chi connectivity index (χ1n) is 11.8. The number of rotatable bonds is 2. The zero-order chi connectivity index (χ0) is 24.9. The quantitative estimate of drug-likeness (QED) is 0.246. The molecule has 0 amide bonds. The van der Waals surface area contributed by atoms with Gasteiger partial charge in [0.1, 0.15) is 0 Å². The molecular weight excluding hydrogens is 472 g/mol. The van der Waals surface area contributed by atoms with Gasteiger partial charge in [-0.15, -0.1) is 11.3 Å². The summed E-state index contributed by atoms with van der Waals surface area (Å²) in [6.07, 6.45) is 3.39. The van der Waals surface area contributed by atoms with Crippen molar-refractivity contribution >= 4 is 53.1 Å². The molecule has 3 heterocycles. The molecule has 5 heteroatoms. The first kappa shape index (κ1) is 21.2. The molecule has 0 aliphatic rings. The van der Waals surface area contributed by atoms with E-state index in [1.165, 1.54) is 10.8 Å². The van der Waals surface area contributed by atoms with Gasteiger partial charge >= 0.3 is 0 Å². The standard InChI is InChI=1S/C32H16N4S/c33-17-19-9-11-35-27(13-19)25-15-29-31(23-7-3-1-5-21(23)25)32-24-8-4-2-6-22(24)26(16-30(32)37-29)28-14-20(18-34)10-12-36-28/h1-16H. The molecule has 0 spiro atoms. The van der Waals surface area contributed by atoms with Crippen molar-refractivity contribution < 1.29 is 0 Å². The lowest BCUT2D eigenvalue weighted by molar-refractivity contribution is 1.32. The molecule has 170 valence electrons. The Hall–Kier alpha value is -5.10. The van der Waals surface area contributed by atoms with Gasteiger partial charge in [0.2, 0.25) is 0 Å². The number of nitrogens with zero attached hydrogens (tertiary/aromatic N) is 4. The van der Waals surface area contributed by atoms with Gasteiger partial charge in [0.25, 0.3) is 0 Å². The van der Waals surface area contributed by atoms with Crippen LogP contribution in [0.2, 0.25) is 0 Å². The first-order valence-corrected chi connectivity index (χ1v) is 12.6. The van der Waals surface area contributed by atoms with E-state index in [2.05, 4.69) is 70.6 Å². The van der Waals surface area contributed by atoms with Crippen molar-refractivity contribution in [2.24, 2.45) is 0 Å². The number of benzene rings is 4. The van der Waals surface area contributed by atoms with Crippen molar-refractivity contribution in [2.45, 2.75) is 0 Å². The smallest absolute Gasteiger partial charge is 0.0992 e. The van der Waals surface area contributed by atoms with Crippen molar-refractivity contribution in [1.82, 2.24) is 9.97 Å². The Morgan fingerprint density at radius 2 is 0.973 bits per heavy atom. The van der Waals surface area contributed by atoms with E-state index in [0.29, 0.717) is 11.1 Å². The van der Waals surface area contributed by atoms with E-state index in [9.17, 15) is 10.5 Å². The maximum absolute atomic E-state index is 9.44. The molecule has 0 aliphatic heterocycles. The summed E-state index contributed by atoms with van der Waals surface area (Å²) in [5, 5.41) is 25.9. The number of hydrogen-bond donors (Lipinski definition) is 0. The summed E-state index contributed by atoms with van der Waals surface area (Å²) in [5.41, 5.74) is 4.79. The SMILES string of the molecule is N#Cc1ccnc(-c2cc3sc4cc(-c5cc(C#N)ccn5)c5ccccc5c4c3c3ccccc23)c1. The number of hydrogen-bond acceptors (Lipinski definition) is 5. The number of pyridine rings is 2. The third kappa shape index (κ3) is 3.27. The summed E-state index contributed by atoms with van der Waals surface area (Å²) >= 11 is 1.74. The molecule has 0 N–H and O–H groups in total. The van der Waals surface area contributed by atoms with Gasteiger partial charge in [0.15, 0.2) is 0 Å².